The maximum absolute atomic E-state index is 12.2. The third-order valence-electron chi connectivity index (χ3n) is 7.31. The van der Waals surface area contributed by atoms with Gasteiger partial charge in [0.15, 0.2) is 0 Å². The predicted molar refractivity (Wildman–Crippen MR) is 136 cm³/mol. The van der Waals surface area contributed by atoms with E-state index in [2.05, 4.69) is 54.0 Å². The summed E-state index contributed by atoms with van der Waals surface area (Å²) in [6.07, 6.45) is 7.93. The number of methoxy groups -OCH3 is 1. The maximum atomic E-state index is 12.2. The van der Waals surface area contributed by atoms with Crippen LogP contribution in [-0.2, 0) is 28.9 Å². The molecular formula is C28H35N3O4. The van der Waals surface area contributed by atoms with Crippen LogP contribution in [0, 0.1) is 0 Å². The number of carbonyl (C=O) groups excluding carboxylic acids is 1. The van der Waals surface area contributed by atoms with Gasteiger partial charge in [0, 0.05) is 24.1 Å². The molecule has 2 aromatic carbocycles. The Morgan fingerprint density at radius 3 is 2.57 bits per heavy atom. The average Bonchev–Trinajstić information content (AvgIpc) is 3.30. The number of fused-ring (bicyclic) bond motifs is 3. The smallest absolute Gasteiger partial charge is 0.409 e. The summed E-state index contributed by atoms with van der Waals surface area (Å²) in [7, 11) is 1.46. The summed E-state index contributed by atoms with van der Waals surface area (Å²) in [5.41, 5.74) is 6.15. The summed E-state index contributed by atoms with van der Waals surface area (Å²) in [6, 6.07) is 15.6. The van der Waals surface area contributed by atoms with Gasteiger partial charge in [0.1, 0.15) is 5.82 Å². The molecule has 1 N–H and O–H groups in total. The largest absolute Gasteiger partial charge is 0.483 e. The summed E-state index contributed by atoms with van der Waals surface area (Å²) in [4.78, 5) is 27.7. The summed E-state index contributed by atoms with van der Waals surface area (Å²) >= 11 is 0. The van der Waals surface area contributed by atoms with Crippen molar-refractivity contribution < 1.29 is 19.4 Å². The molecule has 2 aliphatic rings. The van der Waals surface area contributed by atoms with Crippen molar-refractivity contribution in [2.75, 3.05) is 13.7 Å². The number of aromatic nitrogens is 2. The fourth-order valence-corrected chi connectivity index (χ4v) is 5.66. The molecule has 1 atom stereocenters. The Morgan fingerprint density at radius 1 is 1.17 bits per heavy atom. The minimum atomic E-state index is -0.253. The van der Waals surface area contributed by atoms with E-state index in [-0.39, 0.29) is 12.6 Å². The van der Waals surface area contributed by atoms with Gasteiger partial charge >= 0.3 is 6.09 Å². The molecule has 1 saturated carbocycles. The highest BCUT2D eigenvalue weighted by atomic mass is 16.5. The number of hydrogen-bond acceptors (Lipinski definition) is 4. The molecule has 1 fully saturated rings. The zero-order valence-electron chi connectivity index (χ0n) is 20.7. The first kappa shape index (κ1) is 24.8. The SMILES string of the molecule is COC(=O)N1CCc2ccc3c(nc(C4CCCCC4)n3C(C)Cc3ccccc3)c2C1.O=CO. The number of amides is 1. The van der Waals surface area contributed by atoms with Crippen molar-refractivity contribution in [2.24, 2.45) is 0 Å². The van der Waals surface area contributed by atoms with Gasteiger partial charge in [-0.05, 0) is 49.8 Å². The fourth-order valence-electron chi connectivity index (χ4n) is 5.66. The third-order valence-corrected chi connectivity index (χ3v) is 7.31. The minimum absolute atomic E-state index is 0.250. The lowest BCUT2D eigenvalue weighted by Crippen LogP contribution is -2.35. The molecule has 0 radical (unpaired) electrons. The van der Waals surface area contributed by atoms with Crippen molar-refractivity contribution in [1.82, 2.24) is 14.5 Å². The molecular weight excluding hydrogens is 442 g/mol. The van der Waals surface area contributed by atoms with Gasteiger partial charge in [0.2, 0.25) is 0 Å². The molecule has 1 unspecified atom stereocenters. The first-order chi connectivity index (χ1) is 17.1. The molecule has 1 aliphatic carbocycles. The van der Waals surface area contributed by atoms with Gasteiger partial charge in [-0.1, -0.05) is 55.7 Å². The summed E-state index contributed by atoms with van der Waals surface area (Å²) in [5, 5.41) is 6.89. The highest BCUT2D eigenvalue weighted by molar-refractivity contribution is 5.82. The molecule has 186 valence electrons. The lowest BCUT2D eigenvalue weighted by Gasteiger charge is -2.28. The van der Waals surface area contributed by atoms with Crippen LogP contribution in [0.15, 0.2) is 42.5 Å². The van der Waals surface area contributed by atoms with Gasteiger partial charge in [-0.2, -0.15) is 0 Å². The first-order valence-electron chi connectivity index (χ1n) is 12.5. The zero-order valence-corrected chi connectivity index (χ0v) is 20.7. The van der Waals surface area contributed by atoms with E-state index in [1.807, 2.05) is 0 Å². The van der Waals surface area contributed by atoms with E-state index < -0.39 is 0 Å². The van der Waals surface area contributed by atoms with Crippen LogP contribution >= 0.6 is 0 Å². The van der Waals surface area contributed by atoms with Crippen molar-refractivity contribution in [3.8, 4) is 0 Å². The van der Waals surface area contributed by atoms with Crippen molar-refractivity contribution in [3.63, 3.8) is 0 Å². The number of benzene rings is 2. The van der Waals surface area contributed by atoms with Crippen molar-refractivity contribution in [2.45, 2.75) is 70.4 Å². The molecule has 1 aromatic heterocycles. The number of hydrogen-bond donors (Lipinski definition) is 1. The van der Waals surface area contributed by atoms with Crippen LogP contribution in [0.1, 0.15) is 73.5 Å². The standard InChI is InChI=1S/C27H33N3O2.CH2O2/c1-19(17-20-9-5-3-6-10-20)30-24-14-13-21-15-16-29(27(31)32-2)18-23(21)25(24)28-26(30)22-11-7-4-8-12-22;2-1-3/h3,5-6,9-10,13-14,19,22H,4,7-8,11-12,15-18H2,1-2H3;1H,(H,2,3). The van der Waals surface area contributed by atoms with E-state index in [1.54, 1.807) is 4.90 Å². The average molecular weight is 478 g/mol. The molecule has 5 rings (SSSR count). The van der Waals surface area contributed by atoms with E-state index >= 15 is 0 Å². The van der Waals surface area contributed by atoms with Crippen LogP contribution in [0.5, 0.6) is 0 Å². The molecule has 1 amide bonds. The van der Waals surface area contributed by atoms with Crippen molar-refractivity contribution in [1.29, 1.82) is 0 Å². The second kappa shape index (κ2) is 11.4. The minimum Gasteiger partial charge on any atom is -0.483 e. The first-order valence-corrected chi connectivity index (χ1v) is 12.5. The van der Waals surface area contributed by atoms with Crippen LogP contribution in [0.2, 0.25) is 0 Å². The summed E-state index contributed by atoms with van der Waals surface area (Å²) in [6.45, 7) is 3.35. The van der Waals surface area contributed by atoms with Gasteiger partial charge < -0.3 is 19.3 Å². The molecule has 0 saturated heterocycles. The van der Waals surface area contributed by atoms with E-state index in [0.717, 1.165) is 18.4 Å². The lowest BCUT2D eigenvalue weighted by atomic mass is 9.88. The Balaban J connectivity index is 0.000000917. The van der Waals surface area contributed by atoms with E-state index in [1.165, 1.54) is 67.2 Å². The van der Waals surface area contributed by atoms with Crippen molar-refractivity contribution >= 4 is 23.6 Å². The topological polar surface area (TPSA) is 84.7 Å². The van der Waals surface area contributed by atoms with Gasteiger partial charge in [0.05, 0.1) is 24.7 Å². The number of carbonyl (C=O) groups is 2. The Kier molecular flexibility index (Phi) is 8.06. The second-order valence-corrected chi connectivity index (χ2v) is 9.53. The summed E-state index contributed by atoms with van der Waals surface area (Å²) in [5.74, 6) is 1.76. The van der Waals surface area contributed by atoms with Gasteiger partial charge in [-0.3, -0.25) is 4.79 Å². The van der Waals surface area contributed by atoms with Crippen LogP contribution in [0.3, 0.4) is 0 Å². The summed E-state index contributed by atoms with van der Waals surface area (Å²) < 4.78 is 7.52. The van der Waals surface area contributed by atoms with E-state index in [9.17, 15) is 4.79 Å². The quantitative estimate of drug-likeness (QED) is 0.486. The Bertz CT molecular complexity index is 1150. The molecule has 1 aliphatic heterocycles. The molecule has 0 spiro atoms. The van der Waals surface area contributed by atoms with E-state index in [4.69, 9.17) is 19.6 Å². The highest BCUT2D eigenvalue weighted by Crippen LogP contribution is 2.38. The van der Waals surface area contributed by atoms with Gasteiger partial charge in [-0.25, -0.2) is 9.78 Å². The third kappa shape index (κ3) is 5.34. The molecule has 2 heterocycles. The second-order valence-electron chi connectivity index (χ2n) is 9.53. The van der Waals surface area contributed by atoms with Crippen LogP contribution in [0.25, 0.3) is 11.0 Å². The van der Waals surface area contributed by atoms with E-state index in [0.29, 0.717) is 25.0 Å². The Hall–Kier alpha value is -3.35. The van der Waals surface area contributed by atoms with Crippen LogP contribution in [0.4, 0.5) is 4.79 Å². The molecule has 7 nitrogen and oxygen atoms in total. The van der Waals surface area contributed by atoms with Crippen LogP contribution < -0.4 is 0 Å². The van der Waals surface area contributed by atoms with Gasteiger partial charge in [-0.15, -0.1) is 0 Å². The molecule has 3 aromatic rings. The Labute approximate surface area is 206 Å². The predicted octanol–water partition coefficient (Wildman–Crippen LogP) is 5.71. The molecule has 0 bridgehead atoms. The number of imidazole rings is 1. The zero-order chi connectivity index (χ0) is 24.8. The van der Waals surface area contributed by atoms with Crippen molar-refractivity contribution in [3.05, 3.63) is 65.0 Å². The lowest BCUT2D eigenvalue weighted by molar-refractivity contribution is -0.122. The number of rotatable bonds is 4. The number of ether oxygens (including phenoxy) is 1. The van der Waals surface area contributed by atoms with Crippen LogP contribution in [-0.4, -0.2) is 45.8 Å². The maximum Gasteiger partial charge on any atom is 0.409 e. The molecule has 7 heteroatoms. The fraction of sp³-hybridized carbons (Fsp3) is 0.464. The normalized spacial score (nSPS) is 16.7. The highest BCUT2D eigenvalue weighted by Gasteiger charge is 2.29. The van der Waals surface area contributed by atoms with Gasteiger partial charge in [0.25, 0.3) is 6.47 Å². The number of nitrogens with zero attached hydrogens (tertiary/aromatic N) is 3. The number of carboxylic acid groups (broad SMARTS) is 1. The monoisotopic (exact) mass is 477 g/mol. The molecule has 35 heavy (non-hydrogen) atoms. The Morgan fingerprint density at radius 2 is 1.89 bits per heavy atom.